The Morgan fingerprint density at radius 3 is 2.94 bits per heavy atom. The molecule has 1 aromatic carbocycles. The third-order valence-corrected chi connectivity index (χ3v) is 4.22. The molecule has 1 aliphatic heterocycles. The Kier molecular flexibility index (Phi) is 2.25. The van der Waals surface area contributed by atoms with Gasteiger partial charge in [0.25, 0.3) is 0 Å². The number of fused-ring (bicyclic) bond motifs is 3. The monoisotopic (exact) mass is 228 g/mol. The number of thioether (sulfide) groups is 1. The Bertz CT molecular complexity index is 509. The van der Waals surface area contributed by atoms with Crippen LogP contribution in [0.15, 0.2) is 41.4 Å². The fraction of sp³-hybridized carbons (Fsp3) is 0.214. The predicted molar refractivity (Wildman–Crippen MR) is 67.4 cm³/mol. The van der Waals surface area contributed by atoms with Crippen LogP contribution in [0.5, 0.6) is 0 Å². The van der Waals surface area contributed by atoms with Crippen molar-refractivity contribution in [1.29, 1.82) is 0 Å². The minimum atomic E-state index is 1.09. The minimum Gasteiger partial charge on any atom is -0.200 e. The molecule has 2 heteroatoms. The van der Waals surface area contributed by atoms with Gasteiger partial charge >= 0.3 is 0 Å². The Balaban J connectivity index is 2.37. The van der Waals surface area contributed by atoms with Gasteiger partial charge < -0.3 is 0 Å². The van der Waals surface area contributed by atoms with Crippen LogP contribution in [0.25, 0.3) is 11.3 Å². The fourth-order valence-electron chi connectivity index (χ4n) is 2.35. The van der Waals surface area contributed by atoms with E-state index in [0.717, 1.165) is 5.75 Å². The molecule has 0 radical (unpaired) electrons. The van der Waals surface area contributed by atoms with Crippen molar-refractivity contribution < 1.29 is 4.57 Å². The number of aryl methyl sites for hydroxylation is 2. The summed E-state index contributed by atoms with van der Waals surface area (Å²) in [5, 5.41) is 0. The van der Waals surface area contributed by atoms with E-state index in [1.54, 1.807) is 0 Å². The predicted octanol–water partition coefficient (Wildman–Crippen LogP) is 3.09. The fourth-order valence-corrected chi connectivity index (χ4v) is 3.46. The maximum absolute atomic E-state index is 2.24. The van der Waals surface area contributed by atoms with E-state index in [9.17, 15) is 0 Å². The van der Waals surface area contributed by atoms with Gasteiger partial charge in [0.05, 0.1) is 10.5 Å². The molecule has 1 aromatic heterocycles. The molecule has 2 aromatic rings. The molecule has 0 saturated carbocycles. The second-order valence-electron chi connectivity index (χ2n) is 4.23. The highest BCUT2D eigenvalue weighted by Crippen LogP contribution is 2.40. The molecule has 0 spiro atoms. The molecule has 0 fully saturated rings. The first-order valence-corrected chi connectivity index (χ1v) is 6.46. The van der Waals surface area contributed by atoms with Crippen LogP contribution in [0.2, 0.25) is 0 Å². The second-order valence-corrected chi connectivity index (χ2v) is 5.25. The van der Waals surface area contributed by atoms with Crippen molar-refractivity contribution in [1.82, 2.24) is 0 Å². The van der Waals surface area contributed by atoms with E-state index in [0.29, 0.717) is 0 Å². The van der Waals surface area contributed by atoms with Gasteiger partial charge in [0.15, 0.2) is 6.20 Å². The summed E-state index contributed by atoms with van der Waals surface area (Å²) in [7, 11) is 2.13. The van der Waals surface area contributed by atoms with Crippen LogP contribution < -0.4 is 4.57 Å². The molecule has 80 valence electrons. The second kappa shape index (κ2) is 3.63. The summed E-state index contributed by atoms with van der Waals surface area (Å²) in [6.45, 7) is 2.20. The largest absolute Gasteiger partial charge is 0.226 e. The Hall–Kier alpha value is -1.28. The molecule has 2 heterocycles. The van der Waals surface area contributed by atoms with Gasteiger partial charge in [-0.15, -0.1) is 11.8 Å². The lowest BCUT2D eigenvalue weighted by molar-refractivity contribution is -0.662. The van der Waals surface area contributed by atoms with Gasteiger partial charge in [0, 0.05) is 11.8 Å². The molecule has 0 aliphatic carbocycles. The van der Waals surface area contributed by atoms with Crippen LogP contribution in [0.3, 0.4) is 0 Å². The molecule has 16 heavy (non-hydrogen) atoms. The van der Waals surface area contributed by atoms with Gasteiger partial charge in [0.2, 0.25) is 5.69 Å². The first kappa shape index (κ1) is 9.91. The summed E-state index contributed by atoms with van der Waals surface area (Å²) in [5.41, 5.74) is 5.63. The van der Waals surface area contributed by atoms with Crippen molar-refractivity contribution in [2.75, 3.05) is 0 Å². The Morgan fingerprint density at radius 1 is 1.19 bits per heavy atom. The maximum atomic E-state index is 2.24. The molecule has 0 unspecified atom stereocenters. The molecule has 1 nitrogen and oxygen atoms in total. The Labute approximate surface area is 100 Å². The zero-order valence-electron chi connectivity index (χ0n) is 9.53. The van der Waals surface area contributed by atoms with E-state index in [1.807, 2.05) is 11.8 Å². The summed E-state index contributed by atoms with van der Waals surface area (Å²) in [6.07, 6.45) is 2.13. The third-order valence-electron chi connectivity index (χ3n) is 3.12. The summed E-state index contributed by atoms with van der Waals surface area (Å²) in [6, 6.07) is 10.9. The van der Waals surface area contributed by atoms with Crippen molar-refractivity contribution in [3.8, 4) is 11.3 Å². The first-order chi connectivity index (χ1) is 7.77. The molecule has 0 bridgehead atoms. The topological polar surface area (TPSA) is 3.88 Å². The number of benzene rings is 1. The van der Waals surface area contributed by atoms with E-state index in [-0.39, 0.29) is 0 Å². The zero-order chi connectivity index (χ0) is 11.1. The van der Waals surface area contributed by atoms with Crippen molar-refractivity contribution in [3.05, 3.63) is 47.7 Å². The number of pyridine rings is 1. The minimum absolute atomic E-state index is 1.09. The molecule has 3 rings (SSSR count). The molecule has 0 atom stereocenters. The van der Waals surface area contributed by atoms with Gasteiger partial charge in [-0.1, -0.05) is 18.2 Å². The van der Waals surface area contributed by atoms with E-state index in [1.165, 1.54) is 27.3 Å². The zero-order valence-corrected chi connectivity index (χ0v) is 10.3. The molecule has 0 N–H and O–H groups in total. The highest BCUT2D eigenvalue weighted by molar-refractivity contribution is 7.98. The molecular formula is C14H14NS+. The van der Waals surface area contributed by atoms with Gasteiger partial charge in [-0.2, -0.15) is 0 Å². The number of aromatic nitrogens is 1. The lowest BCUT2D eigenvalue weighted by Crippen LogP contribution is -2.32. The van der Waals surface area contributed by atoms with Crippen LogP contribution in [0.1, 0.15) is 11.1 Å². The number of hydrogen-bond acceptors (Lipinski definition) is 1. The third kappa shape index (κ3) is 1.37. The van der Waals surface area contributed by atoms with Crippen LogP contribution >= 0.6 is 11.8 Å². The van der Waals surface area contributed by atoms with Crippen molar-refractivity contribution in [3.63, 3.8) is 0 Å². The summed E-state index contributed by atoms with van der Waals surface area (Å²) in [5.74, 6) is 1.09. The first-order valence-electron chi connectivity index (χ1n) is 5.47. The van der Waals surface area contributed by atoms with Crippen molar-refractivity contribution in [2.45, 2.75) is 17.6 Å². The number of rotatable bonds is 0. The molecular weight excluding hydrogens is 214 g/mol. The Morgan fingerprint density at radius 2 is 2.06 bits per heavy atom. The molecule has 0 amide bonds. The molecule has 1 aliphatic rings. The van der Waals surface area contributed by atoms with Gasteiger partial charge in [-0.25, -0.2) is 4.57 Å². The summed E-state index contributed by atoms with van der Waals surface area (Å²) in [4.78, 5) is 1.40. The lowest BCUT2D eigenvalue weighted by Gasteiger charge is -2.18. The van der Waals surface area contributed by atoms with Gasteiger partial charge in [0.1, 0.15) is 7.05 Å². The smallest absolute Gasteiger partial charge is 0.200 e. The van der Waals surface area contributed by atoms with Crippen molar-refractivity contribution >= 4 is 11.8 Å². The van der Waals surface area contributed by atoms with E-state index >= 15 is 0 Å². The quantitative estimate of drug-likeness (QED) is 0.627. The SMILES string of the molecule is Cc1cccc2c1-c1c(ccc[n+]1C)SC2. The highest BCUT2D eigenvalue weighted by atomic mass is 32.2. The number of nitrogens with zero attached hydrogens (tertiary/aromatic N) is 1. The molecule has 0 saturated heterocycles. The van der Waals surface area contributed by atoms with Crippen molar-refractivity contribution in [2.24, 2.45) is 7.05 Å². The van der Waals surface area contributed by atoms with Gasteiger partial charge in [-0.3, -0.25) is 0 Å². The van der Waals surface area contributed by atoms with Crippen LogP contribution in [0, 0.1) is 6.92 Å². The summed E-state index contributed by atoms with van der Waals surface area (Å²) >= 11 is 1.93. The van der Waals surface area contributed by atoms with Crippen LogP contribution in [0.4, 0.5) is 0 Å². The average molecular weight is 228 g/mol. The summed E-state index contributed by atoms with van der Waals surface area (Å²) < 4.78 is 2.23. The van der Waals surface area contributed by atoms with Crippen LogP contribution in [-0.2, 0) is 12.8 Å². The highest BCUT2D eigenvalue weighted by Gasteiger charge is 2.25. The van der Waals surface area contributed by atoms with Gasteiger partial charge in [-0.05, 0) is 24.1 Å². The number of hydrogen-bond donors (Lipinski definition) is 0. The van der Waals surface area contributed by atoms with Crippen LogP contribution in [-0.4, -0.2) is 0 Å². The standard InChI is InChI=1S/C14H14NS/c1-10-5-3-6-11-9-16-12-7-4-8-15(2)14(12)13(10)11/h3-8H,9H2,1-2H3/q+1. The van der Waals surface area contributed by atoms with E-state index in [2.05, 4.69) is 55.1 Å². The maximum Gasteiger partial charge on any atom is 0.226 e. The normalized spacial score (nSPS) is 13.1. The van der Waals surface area contributed by atoms with E-state index in [4.69, 9.17) is 0 Å². The van der Waals surface area contributed by atoms with E-state index < -0.39 is 0 Å². The average Bonchev–Trinajstić information content (AvgIpc) is 2.29. The lowest BCUT2D eigenvalue weighted by atomic mass is 9.99.